The van der Waals surface area contributed by atoms with Crippen LogP contribution in [0.3, 0.4) is 0 Å². The van der Waals surface area contributed by atoms with Crippen molar-refractivity contribution in [2.75, 3.05) is 0 Å². The van der Waals surface area contributed by atoms with E-state index in [-0.39, 0.29) is 5.56 Å². The van der Waals surface area contributed by atoms with Crippen molar-refractivity contribution in [2.24, 2.45) is 7.05 Å². The first-order valence-corrected chi connectivity index (χ1v) is 10.3. The van der Waals surface area contributed by atoms with E-state index in [4.69, 9.17) is 17.3 Å². The van der Waals surface area contributed by atoms with Crippen molar-refractivity contribution in [2.45, 2.75) is 32.1 Å². The van der Waals surface area contributed by atoms with Gasteiger partial charge >= 0.3 is 0 Å². The minimum absolute atomic E-state index is 0.0529. The second kappa shape index (κ2) is 6.40. The summed E-state index contributed by atoms with van der Waals surface area (Å²) in [5.74, 6) is 0.579. The maximum absolute atomic E-state index is 12.7. The molecule has 3 heterocycles. The van der Waals surface area contributed by atoms with E-state index in [1.54, 1.807) is 23.0 Å². The molecule has 6 nitrogen and oxygen atoms in total. The fourth-order valence-corrected chi connectivity index (χ4v) is 4.55. The third-order valence-corrected chi connectivity index (χ3v) is 6.37. The Morgan fingerprint density at radius 1 is 1.26 bits per heavy atom. The number of thiophene rings is 1. The number of rotatable bonds is 5. The maximum Gasteiger partial charge on any atom is 0.262 e. The van der Waals surface area contributed by atoms with Crippen molar-refractivity contribution in [3.05, 3.63) is 61.8 Å². The van der Waals surface area contributed by atoms with Crippen LogP contribution in [-0.2, 0) is 20.3 Å². The first-order valence-electron chi connectivity index (χ1n) is 8.97. The van der Waals surface area contributed by atoms with E-state index in [0.717, 1.165) is 12.1 Å². The van der Waals surface area contributed by atoms with E-state index in [0.29, 0.717) is 28.6 Å². The molecule has 1 aliphatic carbocycles. The molecule has 0 N–H and O–H groups in total. The van der Waals surface area contributed by atoms with Gasteiger partial charge in [-0.15, -0.1) is 16.4 Å². The second-order valence-electron chi connectivity index (χ2n) is 7.00. The van der Waals surface area contributed by atoms with Gasteiger partial charge in [-0.2, -0.15) is 0 Å². The van der Waals surface area contributed by atoms with Crippen molar-refractivity contribution >= 4 is 40.2 Å². The number of hydrogen-bond donors (Lipinski definition) is 0. The van der Waals surface area contributed by atoms with Gasteiger partial charge in [0.1, 0.15) is 0 Å². The molecule has 4 aromatic rings. The zero-order valence-corrected chi connectivity index (χ0v) is 16.5. The first-order chi connectivity index (χ1) is 13.1. The van der Waals surface area contributed by atoms with Crippen LogP contribution in [0.5, 0.6) is 0 Å². The molecule has 0 bridgehead atoms. The molecule has 0 radical (unpaired) electrons. The summed E-state index contributed by atoms with van der Waals surface area (Å²) >= 11 is 7.53. The van der Waals surface area contributed by atoms with Crippen molar-refractivity contribution in [1.82, 2.24) is 23.6 Å². The summed E-state index contributed by atoms with van der Waals surface area (Å²) in [6.07, 6.45) is 2.43. The lowest BCUT2D eigenvalue weighted by Gasteiger charge is -2.20. The molecule has 0 amide bonds. The number of benzene rings is 1. The lowest BCUT2D eigenvalue weighted by molar-refractivity contribution is 0.188. The average Bonchev–Trinajstić information content (AvgIpc) is 3.31. The third kappa shape index (κ3) is 2.84. The lowest BCUT2D eigenvalue weighted by Crippen LogP contribution is -2.28. The Hall–Kier alpha value is -2.29. The number of para-hydroxylation sites is 1. The van der Waals surface area contributed by atoms with Gasteiger partial charge in [0, 0.05) is 24.5 Å². The van der Waals surface area contributed by atoms with Gasteiger partial charge in [-0.1, -0.05) is 18.2 Å². The average molecular weight is 398 g/mol. The molecule has 1 aromatic carbocycles. The van der Waals surface area contributed by atoms with E-state index in [1.807, 2.05) is 33.3 Å². The SMILES string of the molecule is Cn1c(=O)c2ccccc2n2c(=S)n(CN(Cc3cccs3)C3CC3)nc12. The molecule has 5 rings (SSSR count). The van der Waals surface area contributed by atoms with Crippen molar-refractivity contribution < 1.29 is 0 Å². The molecule has 0 atom stereocenters. The highest BCUT2D eigenvalue weighted by Crippen LogP contribution is 2.29. The Kier molecular flexibility index (Phi) is 3.99. The molecule has 1 aliphatic rings. The van der Waals surface area contributed by atoms with Crippen molar-refractivity contribution in [3.8, 4) is 0 Å². The van der Waals surface area contributed by atoms with Crippen LogP contribution < -0.4 is 5.56 Å². The van der Waals surface area contributed by atoms with Gasteiger partial charge in [-0.3, -0.25) is 18.7 Å². The molecule has 3 aromatic heterocycles. The fourth-order valence-electron chi connectivity index (χ4n) is 3.55. The summed E-state index contributed by atoms with van der Waals surface area (Å²) in [6.45, 7) is 1.53. The summed E-state index contributed by atoms with van der Waals surface area (Å²) in [7, 11) is 1.75. The van der Waals surface area contributed by atoms with Crippen LogP contribution >= 0.6 is 23.6 Å². The quantitative estimate of drug-likeness (QED) is 0.484. The zero-order valence-electron chi connectivity index (χ0n) is 14.9. The number of hydrogen-bond acceptors (Lipinski definition) is 5. The van der Waals surface area contributed by atoms with Gasteiger partial charge in [-0.25, -0.2) is 4.68 Å². The van der Waals surface area contributed by atoms with E-state index in [2.05, 4.69) is 22.4 Å². The topological polar surface area (TPSA) is 47.5 Å². The summed E-state index contributed by atoms with van der Waals surface area (Å²) in [5, 5.41) is 7.47. The lowest BCUT2D eigenvalue weighted by atomic mass is 10.2. The highest BCUT2D eigenvalue weighted by molar-refractivity contribution is 7.71. The molecule has 1 fully saturated rings. The first kappa shape index (κ1) is 16.9. The van der Waals surface area contributed by atoms with Gasteiger partial charge in [0.2, 0.25) is 10.5 Å². The summed E-state index contributed by atoms with van der Waals surface area (Å²) < 4.78 is 5.95. The molecular formula is C19H19N5OS2. The predicted molar refractivity (Wildman–Crippen MR) is 110 cm³/mol. The summed E-state index contributed by atoms with van der Waals surface area (Å²) in [5.41, 5.74) is 0.756. The van der Waals surface area contributed by atoms with Crippen LogP contribution in [0.25, 0.3) is 16.7 Å². The highest BCUT2D eigenvalue weighted by Gasteiger charge is 2.30. The van der Waals surface area contributed by atoms with Gasteiger partial charge < -0.3 is 0 Å². The smallest absolute Gasteiger partial charge is 0.262 e. The minimum Gasteiger partial charge on any atom is -0.279 e. The Morgan fingerprint density at radius 3 is 2.81 bits per heavy atom. The number of aryl methyl sites for hydroxylation is 1. The Morgan fingerprint density at radius 2 is 2.07 bits per heavy atom. The second-order valence-corrected chi connectivity index (χ2v) is 8.40. The van der Waals surface area contributed by atoms with E-state index < -0.39 is 0 Å². The minimum atomic E-state index is -0.0529. The molecule has 138 valence electrons. The van der Waals surface area contributed by atoms with Gasteiger partial charge in [0.05, 0.1) is 17.6 Å². The van der Waals surface area contributed by atoms with Gasteiger partial charge in [0.15, 0.2) is 0 Å². The number of aromatic nitrogens is 4. The molecule has 0 unspecified atom stereocenters. The predicted octanol–water partition coefficient (Wildman–Crippen LogP) is 3.40. The van der Waals surface area contributed by atoms with E-state index in [9.17, 15) is 4.79 Å². The summed E-state index contributed by atoms with van der Waals surface area (Å²) in [6, 6.07) is 12.4. The standard InChI is InChI=1S/C19H19N5OS2/c1-21-17(25)15-6-2-3-7-16(15)24-18(21)20-23(19(24)26)12-22(13-8-9-13)11-14-5-4-10-27-14/h2-7,10,13H,8-9,11-12H2,1H3. The van der Waals surface area contributed by atoms with Crippen LogP contribution in [0.15, 0.2) is 46.6 Å². The highest BCUT2D eigenvalue weighted by atomic mass is 32.1. The molecule has 0 spiro atoms. The van der Waals surface area contributed by atoms with E-state index in [1.165, 1.54) is 17.7 Å². The van der Waals surface area contributed by atoms with E-state index >= 15 is 0 Å². The molecule has 1 saturated carbocycles. The number of fused-ring (bicyclic) bond motifs is 3. The van der Waals surface area contributed by atoms with Crippen LogP contribution in [-0.4, -0.2) is 29.7 Å². The third-order valence-electron chi connectivity index (χ3n) is 5.12. The monoisotopic (exact) mass is 397 g/mol. The molecule has 8 heteroatoms. The largest absolute Gasteiger partial charge is 0.279 e. The Balaban J connectivity index is 1.62. The zero-order chi connectivity index (χ0) is 18.5. The van der Waals surface area contributed by atoms with Crippen LogP contribution in [0.2, 0.25) is 0 Å². The van der Waals surface area contributed by atoms with Crippen LogP contribution in [0, 0.1) is 4.77 Å². The molecule has 27 heavy (non-hydrogen) atoms. The van der Waals surface area contributed by atoms with Crippen LogP contribution in [0.1, 0.15) is 17.7 Å². The fraction of sp³-hybridized carbons (Fsp3) is 0.316. The summed E-state index contributed by atoms with van der Waals surface area (Å²) in [4.78, 5) is 16.4. The van der Waals surface area contributed by atoms with Gasteiger partial charge in [-0.05, 0) is 48.6 Å². The number of nitrogens with zero attached hydrogens (tertiary/aromatic N) is 5. The van der Waals surface area contributed by atoms with Crippen molar-refractivity contribution in [3.63, 3.8) is 0 Å². The molecule has 0 aliphatic heterocycles. The van der Waals surface area contributed by atoms with Crippen molar-refractivity contribution in [1.29, 1.82) is 0 Å². The Labute approximate surface area is 164 Å². The Bertz CT molecular complexity index is 1250. The van der Waals surface area contributed by atoms with Gasteiger partial charge in [0.25, 0.3) is 5.56 Å². The molecular weight excluding hydrogens is 378 g/mol. The molecule has 0 saturated heterocycles. The normalized spacial score (nSPS) is 14.6. The van der Waals surface area contributed by atoms with Crippen LogP contribution in [0.4, 0.5) is 0 Å². The maximum atomic E-state index is 12.7.